The maximum Gasteiger partial charge on any atom is 0.0748 e. The van der Waals surface area contributed by atoms with E-state index < -0.39 is 0 Å². The fourth-order valence-electron chi connectivity index (χ4n) is 0.925. The zero-order chi connectivity index (χ0) is 11.1. The zero-order valence-electron chi connectivity index (χ0n) is 9.13. The maximum absolute atomic E-state index is 7.69. The third kappa shape index (κ3) is 4.47. The predicted octanol–water partition coefficient (Wildman–Crippen LogP) is 4.45. The third-order valence-electron chi connectivity index (χ3n) is 1.92. The number of hydrogen-bond donors (Lipinski definition) is 1. The Balaban J connectivity index is 0.000000364. The van der Waals surface area contributed by atoms with Gasteiger partial charge in [0.05, 0.1) is 6.26 Å². The summed E-state index contributed by atoms with van der Waals surface area (Å²) in [6.07, 6.45) is 2.56. The van der Waals surface area contributed by atoms with E-state index in [1.54, 1.807) is 13.0 Å². The molecule has 1 rings (SSSR count). The van der Waals surface area contributed by atoms with Crippen LogP contribution < -0.4 is 0 Å². The van der Waals surface area contributed by atoms with Gasteiger partial charge in [-0.15, -0.1) is 0 Å². The van der Waals surface area contributed by atoms with Crippen molar-refractivity contribution in [2.45, 2.75) is 27.7 Å². The van der Waals surface area contributed by atoms with E-state index in [0.717, 1.165) is 6.26 Å². The van der Waals surface area contributed by atoms with Crippen molar-refractivity contribution in [2.75, 3.05) is 0 Å². The molecule has 0 aliphatic carbocycles. The highest BCUT2D eigenvalue weighted by Crippen LogP contribution is 2.19. The largest absolute Gasteiger partial charge is 0.516 e. The summed E-state index contributed by atoms with van der Waals surface area (Å²) in [6, 6.07) is 4.35. The van der Waals surface area contributed by atoms with Gasteiger partial charge in [-0.25, -0.2) is 0 Å². The average molecular weight is 257 g/mol. The molecule has 0 unspecified atom stereocenters. The number of aliphatic hydroxyl groups excluding tert-OH is 1. The number of aryl methyl sites for hydroxylation is 3. The van der Waals surface area contributed by atoms with Crippen LogP contribution in [-0.2, 0) is 0 Å². The Labute approximate surface area is 94.6 Å². The van der Waals surface area contributed by atoms with Crippen molar-refractivity contribution >= 4 is 15.9 Å². The molecular weight excluding hydrogens is 240 g/mol. The lowest BCUT2D eigenvalue weighted by molar-refractivity contribution is 0.472. The monoisotopic (exact) mass is 256 g/mol. The molecule has 1 N–H and O–H groups in total. The van der Waals surface area contributed by atoms with Crippen LogP contribution >= 0.6 is 15.9 Å². The minimum absolute atomic E-state index is 1.00. The molecule has 0 bridgehead atoms. The first kappa shape index (κ1) is 13.2. The molecule has 0 aliphatic heterocycles. The van der Waals surface area contributed by atoms with Crippen molar-refractivity contribution in [2.24, 2.45) is 0 Å². The molecule has 0 spiro atoms. The predicted molar refractivity (Wildman–Crippen MR) is 65.8 cm³/mol. The first-order valence-corrected chi connectivity index (χ1v) is 5.31. The van der Waals surface area contributed by atoms with Crippen LogP contribution in [0.2, 0.25) is 0 Å². The van der Waals surface area contributed by atoms with Gasteiger partial charge in [-0.2, -0.15) is 0 Å². The van der Waals surface area contributed by atoms with E-state index in [0.29, 0.717) is 0 Å². The summed E-state index contributed by atoms with van der Waals surface area (Å²) in [6.45, 7) is 8.12. The molecule has 0 fully saturated rings. The van der Waals surface area contributed by atoms with E-state index in [9.17, 15) is 0 Å². The molecule has 0 saturated heterocycles. The molecule has 0 aromatic heterocycles. The second kappa shape index (κ2) is 6.66. The molecule has 0 aliphatic rings. The minimum Gasteiger partial charge on any atom is -0.516 e. The summed E-state index contributed by atoms with van der Waals surface area (Å²) >= 11 is 3.48. The number of aliphatic hydroxyl groups is 1. The fraction of sp³-hybridized carbons (Fsp3) is 0.333. The SMILES string of the molecule is C/C=C\O.Cc1cc(C)c(Br)cc1C. The van der Waals surface area contributed by atoms with Crippen LogP contribution in [-0.4, -0.2) is 5.11 Å². The average Bonchev–Trinajstić information content (AvgIpc) is 2.15. The van der Waals surface area contributed by atoms with E-state index >= 15 is 0 Å². The molecule has 0 amide bonds. The Bertz CT molecular complexity index is 262. The Morgan fingerprint density at radius 3 is 1.86 bits per heavy atom. The van der Waals surface area contributed by atoms with Gasteiger partial charge >= 0.3 is 0 Å². The van der Waals surface area contributed by atoms with Crippen LogP contribution in [0.15, 0.2) is 28.9 Å². The molecular formula is C12H17BrO. The molecule has 14 heavy (non-hydrogen) atoms. The molecule has 1 aromatic rings. The number of rotatable bonds is 0. The summed E-state index contributed by atoms with van der Waals surface area (Å²) in [7, 11) is 0. The van der Waals surface area contributed by atoms with Gasteiger partial charge < -0.3 is 5.11 Å². The molecule has 1 nitrogen and oxygen atoms in total. The summed E-state index contributed by atoms with van der Waals surface area (Å²) < 4.78 is 1.20. The molecule has 0 saturated carbocycles. The lowest BCUT2D eigenvalue weighted by Crippen LogP contribution is -1.83. The zero-order valence-corrected chi connectivity index (χ0v) is 10.7. The molecule has 0 heterocycles. The standard InChI is InChI=1S/C9H11Br.C3H6O/c1-6-4-8(3)9(10)5-7(6)2;1-2-3-4/h4-5H,1-3H3;2-4H,1H3/b;3-2-. The first-order valence-electron chi connectivity index (χ1n) is 4.51. The van der Waals surface area contributed by atoms with Gasteiger partial charge in [0, 0.05) is 4.47 Å². The number of allylic oxidation sites excluding steroid dienone is 1. The summed E-state index contributed by atoms with van der Waals surface area (Å²) in [5, 5.41) is 7.69. The van der Waals surface area contributed by atoms with Crippen LogP contribution in [0.25, 0.3) is 0 Å². The number of hydrogen-bond acceptors (Lipinski definition) is 1. The van der Waals surface area contributed by atoms with Crippen LogP contribution in [0, 0.1) is 20.8 Å². The topological polar surface area (TPSA) is 20.2 Å². The first-order chi connectivity index (χ1) is 6.52. The van der Waals surface area contributed by atoms with Gasteiger partial charge in [0.25, 0.3) is 0 Å². The van der Waals surface area contributed by atoms with Crippen LogP contribution in [0.5, 0.6) is 0 Å². The van der Waals surface area contributed by atoms with Gasteiger partial charge in [-0.3, -0.25) is 0 Å². The normalized spacial score (nSPS) is 9.79. The number of benzene rings is 1. The summed E-state index contributed by atoms with van der Waals surface area (Å²) in [4.78, 5) is 0. The van der Waals surface area contributed by atoms with E-state index in [4.69, 9.17) is 5.11 Å². The van der Waals surface area contributed by atoms with Crippen molar-refractivity contribution in [3.63, 3.8) is 0 Å². The Kier molecular flexibility index (Phi) is 6.30. The van der Waals surface area contributed by atoms with Crippen LogP contribution in [0.3, 0.4) is 0 Å². The molecule has 0 radical (unpaired) electrons. The van der Waals surface area contributed by atoms with Crippen molar-refractivity contribution in [3.05, 3.63) is 45.6 Å². The van der Waals surface area contributed by atoms with Crippen molar-refractivity contribution in [1.29, 1.82) is 0 Å². The highest BCUT2D eigenvalue weighted by Gasteiger charge is 1.96. The molecule has 1 aromatic carbocycles. The van der Waals surface area contributed by atoms with Gasteiger partial charge in [0.2, 0.25) is 0 Å². The Morgan fingerprint density at radius 1 is 1.07 bits per heavy atom. The van der Waals surface area contributed by atoms with Gasteiger partial charge in [0.1, 0.15) is 0 Å². The lowest BCUT2D eigenvalue weighted by atomic mass is 10.1. The van der Waals surface area contributed by atoms with Gasteiger partial charge in [-0.1, -0.05) is 28.1 Å². The molecule has 2 heteroatoms. The quantitative estimate of drug-likeness (QED) is 0.680. The van der Waals surface area contributed by atoms with E-state index in [-0.39, 0.29) is 0 Å². The third-order valence-corrected chi connectivity index (χ3v) is 2.78. The second-order valence-corrected chi connectivity index (χ2v) is 4.02. The Morgan fingerprint density at radius 2 is 1.50 bits per heavy atom. The second-order valence-electron chi connectivity index (χ2n) is 3.17. The molecule has 0 atom stereocenters. The van der Waals surface area contributed by atoms with Gasteiger partial charge in [0.15, 0.2) is 0 Å². The molecule has 78 valence electrons. The smallest absolute Gasteiger partial charge is 0.0748 e. The number of halogens is 1. The summed E-state index contributed by atoms with van der Waals surface area (Å²) in [5.74, 6) is 0. The highest BCUT2D eigenvalue weighted by molar-refractivity contribution is 9.10. The highest BCUT2D eigenvalue weighted by atomic mass is 79.9. The van der Waals surface area contributed by atoms with E-state index in [2.05, 4.69) is 48.8 Å². The van der Waals surface area contributed by atoms with Crippen LogP contribution in [0.1, 0.15) is 23.6 Å². The maximum atomic E-state index is 7.69. The minimum atomic E-state index is 1.00. The lowest BCUT2D eigenvalue weighted by Gasteiger charge is -2.02. The van der Waals surface area contributed by atoms with Crippen molar-refractivity contribution in [3.8, 4) is 0 Å². The Hall–Kier alpha value is -0.760. The van der Waals surface area contributed by atoms with E-state index in [1.807, 2.05) is 0 Å². The van der Waals surface area contributed by atoms with Crippen molar-refractivity contribution in [1.82, 2.24) is 0 Å². The van der Waals surface area contributed by atoms with Crippen LogP contribution in [0.4, 0.5) is 0 Å². The van der Waals surface area contributed by atoms with E-state index in [1.165, 1.54) is 21.2 Å². The summed E-state index contributed by atoms with van der Waals surface area (Å²) in [5.41, 5.74) is 4.02. The van der Waals surface area contributed by atoms with Gasteiger partial charge in [-0.05, 0) is 50.5 Å². The van der Waals surface area contributed by atoms with Crippen molar-refractivity contribution < 1.29 is 5.11 Å². The fourth-order valence-corrected chi connectivity index (χ4v) is 1.38.